The van der Waals surface area contributed by atoms with E-state index in [1.165, 1.54) is 12.7 Å². The molecule has 2 aliphatic carbocycles. The predicted molar refractivity (Wildman–Crippen MR) is 130 cm³/mol. The van der Waals surface area contributed by atoms with E-state index in [2.05, 4.69) is 64.2 Å². The molecule has 170 valence electrons. The van der Waals surface area contributed by atoms with Gasteiger partial charge in [0.05, 0.1) is 20.3 Å². The minimum Gasteiger partial charge on any atom is -0.497 e. The summed E-state index contributed by atoms with van der Waals surface area (Å²) in [6, 6.07) is 16.3. The van der Waals surface area contributed by atoms with Gasteiger partial charge in [-0.05, 0) is 53.4 Å². The summed E-state index contributed by atoms with van der Waals surface area (Å²) in [6.07, 6.45) is 2.72. The van der Waals surface area contributed by atoms with Gasteiger partial charge in [0.2, 0.25) is 0 Å². The Kier molecular flexibility index (Phi) is 5.62. The number of rotatable bonds is 5. The van der Waals surface area contributed by atoms with Gasteiger partial charge in [0.1, 0.15) is 11.2 Å². The summed E-state index contributed by atoms with van der Waals surface area (Å²) < 4.78 is 17.7. The van der Waals surface area contributed by atoms with Crippen LogP contribution < -0.4 is 4.74 Å². The number of hydrogen-bond acceptors (Lipinski definition) is 4. The quantitative estimate of drug-likeness (QED) is 0.397. The summed E-state index contributed by atoms with van der Waals surface area (Å²) in [4.78, 5) is 13.2. The van der Waals surface area contributed by atoms with Crippen molar-refractivity contribution in [3.63, 3.8) is 0 Å². The van der Waals surface area contributed by atoms with Crippen molar-refractivity contribution in [2.45, 2.75) is 56.8 Å². The van der Waals surface area contributed by atoms with Crippen LogP contribution >= 0.6 is 0 Å². The van der Waals surface area contributed by atoms with Crippen LogP contribution in [-0.4, -0.2) is 28.5 Å². The molecule has 0 bridgehead atoms. The van der Waals surface area contributed by atoms with E-state index in [0.717, 1.165) is 22.4 Å². The zero-order valence-corrected chi connectivity index (χ0v) is 21.2. The molecule has 4 nitrogen and oxygen atoms in total. The molecule has 0 heterocycles. The third-order valence-corrected chi connectivity index (χ3v) is 12.2. The van der Waals surface area contributed by atoms with E-state index in [9.17, 15) is 4.79 Å². The van der Waals surface area contributed by atoms with Gasteiger partial charge in [-0.1, -0.05) is 68.8 Å². The average molecular weight is 451 g/mol. The van der Waals surface area contributed by atoms with Gasteiger partial charge >= 0.3 is 5.97 Å². The highest BCUT2D eigenvalue weighted by Crippen LogP contribution is 2.66. The molecule has 1 fully saturated rings. The maximum Gasteiger partial charge on any atom is 0.317 e. The molecular formula is C27H34O4Si. The Morgan fingerprint density at radius 1 is 1.06 bits per heavy atom. The van der Waals surface area contributed by atoms with Gasteiger partial charge in [-0.15, -0.1) is 0 Å². The van der Waals surface area contributed by atoms with Gasteiger partial charge in [-0.25, -0.2) is 0 Å². The van der Waals surface area contributed by atoms with Crippen molar-refractivity contribution in [1.82, 2.24) is 0 Å². The summed E-state index contributed by atoms with van der Waals surface area (Å²) in [5, 5.41) is 0.0715. The lowest BCUT2D eigenvalue weighted by atomic mass is 9.56. The molecule has 0 spiro atoms. The van der Waals surface area contributed by atoms with Crippen molar-refractivity contribution in [2.24, 2.45) is 5.92 Å². The van der Waals surface area contributed by atoms with E-state index in [4.69, 9.17) is 13.9 Å². The molecule has 5 heteroatoms. The van der Waals surface area contributed by atoms with Crippen LogP contribution in [0.25, 0.3) is 6.08 Å². The molecule has 2 aromatic carbocycles. The SMILES string of the molecule is COC(=O)[C@@]12C/C(=C\c3ccc(OC)cc3)[C@@H]1[C@@H](O[Si](C)(C)C(C)(C)C)c1ccccc12. The first-order chi connectivity index (χ1) is 15.0. The van der Waals surface area contributed by atoms with Crippen molar-refractivity contribution >= 4 is 20.4 Å². The normalized spacial score (nSPS) is 25.7. The van der Waals surface area contributed by atoms with Crippen LogP contribution in [0.3, 0.4) is 0 Å². The second-order valence-electron chi connectivity index (χ2n) is 10.5. The number of carbonyl (C=O) groups is 1. The fourth-order valence-electron chi connectivity index (χ4n) is 4.95. The minimum atomic E-state index is -2.08. The molecule has 4 rings (SSSR count). The molecule has 0 saturated heterocycles. The zero-order valence-electron chi connectivity index (χ0n) is 20.2. The number of methoxy groups -OCH3 is 2. The molecular weight excluding hydrogens is 416 g/mol. The average Bonchev–Trinajstić information content (AvgIpc) is 2.95. The maximum atomic E-state index is 13.2. The highest BCUT2D eigenvalue weighted by atomic mass is 28.4. The van der Waals surface area contributed by atoms with Crippen LogP contribution in [0.2, 0.25) is 18.1 Å². The highest BCUT2D eigenvalue weighted by Gasteiger charge is 2.66. The fraction of sp³-hybridized carbons (Fsp3) is 0.444. The molecule has 1 saturated carbocycles. The molecule has 3 atom stereocenters. The van der Waals surface area contributed by atoms with Gasteiger partial charge < -0.3 is 13.9 Å². The Balaban J connectivity index is 1.81. The van der Waals surface area contributed by atoms with Crippen molar-refractivity contribution in [2.75, 3.05) is 14.2 Å². The number of esters is 1. The summed E-state index contributed by atoms with van der Waals surface area (Å²) in [6.45, 7) is 11.3. The number of ether oxygens (including phenoxy) is 2. The molecule has 0 unspecified atom stereocenters. The van der Waals surface area contributed by atoms with E-state index in [-0.39, 0.29) is 23.0 Å². The van der Waals surface area contributed by atoms with Crippen molar-refractivity contribution in [1.29, 1.82) is 0 Å². The second kappa shape index (κ2) is 7.89. The predicted octanol–water partition coefficient (Wildman–Crippen LogP) is 6.29. The van der Waals surface area contributed by atoms with E-state index in [1.54, 1.807) is 7.11 Å². The lowest BCUT2D eigenvalue weighted by Gasteiger charge is -2.49. The summed E-state index contributed by atoms with van der Waals surface area (Å²) in [5.41, 5.74) is 3.86. The first kappa shape index (κ1) is 22.8. The van der Waals surface area contributed by atoms with E-state index >= 15 is 0 Å². The van der Waals surface area contributed by atoms with Crippen LogP contribution in [0.1, 0.15) is 50.0 Å². The van der Waals surface area contributed by atoms with Crippen LogP contribution in [0.4, 0.5) is 0 Å². The third kappa shape index (κ3) is 3.42. The van der Waals surface area contributed by atoms with Crippen LogP contribution in [0, 0.1) is 5.92 Å². The number of carbonyl (C=O) groups excluding carboxylic acids is 1. The molecule has 2 aromatic rings. The third-order valence-electron chi connectivity index (χ3n) is 7.71. The van der Waals surface area contributed by atoms with Gasteiger partial charge in [0, 0.05) is 5.92 Å². The molecule has 0 aliphatic heterocycles. The van der Waals surface area contributed by atoms with Crippen LogP contribution in [-0.2, 0) is 19.4 Å². The van der Waals surface area contributed by atoms with E-state index in [0.29, 0.717) is 6.42 Å². The van der Waals surface area contributed by atoms with Crippen molar-refractivity contribution < 1.29 is 18.7 Å². The molecule has 32 heavy (non-hydrogen) atoms. The Labute approximate surface area is 192 Å². The van der Waals surface area contributed by atoms with Crippen LogP contribution in [0.15, 0.2) is 54.1 Å². The van der Waals surface area contributed by atoms with Gasteiger partial charge in [-0.3, -0.25) is 4.79 Å². The first-order valence-electron chi connectivity index (χ1n) is 11.3. The summed E-state index contributed by atoms with van der Waals surface area (Å²) in [7, 11) is 1.08. The molecule has 0 aromatic heterocycles. The van der Waals surface area contributed by atoms with E-state index < -0.39 is 13.7 Å². The fourth-order valence-corrected chi connectivity index (χ4v) is 6.20. The molecule has 0 radical (unpaired) electrons. The van der Waals surface area contributed by atoms with Crippen LogP contribution in [0.5, 0.6) is 5.75 Å². The lowest BCUT2D eigenvalue weighted by Crippen LogP contribution is -2.53. The second-order valence-corrected chi connectivity index (χ2v) is 15.3. The smallest absolute Gasteiger partial charge is 0.317 e. The topological polar surface area (TPSA) is 44.8 Å². The van der Waals surface area contributed by atoms with Gasteiger partial charge in [0.25, 0.3) is 0 Å². The highest BCUT2D eigenvalue weighted by molar-refractivity contribution is 6.74. The Morgan fingerprint density at radius 3 is 2.31 bits per heavy atom. The largest absolute Gasteiger partial charge is 0.497 e. The molecule has 2 aliphatic rings. The lowest BCUT2D eigenvalue weighted by molar-refractivity contribution is -0.153. The Morgan fingerprint density at radius 2 is 1.72 bits per heavy atom. The van der Waals surface area contributed by atoms with Crippen molar-refractivity contribution in [3.05, 3.63) is 70.8 Å². The minimum absolute atomic E-state index is 0.0522. The molecule has 0 amide bonds. The summed E-state index contributed by atoms with van der Waals surface area (Å²) >= 11 is 0. The van der Waals surface area contributed by atoms with Crippen molar-refractivity contribution in [3.8, 4) is 5.75 Å². The summed E-state index contributed by atoms with van der Waals surface area (Å²) in [5.74, 6) is 0.615. The Hall–Kier alpha value is -2.37. The van der Waals surface area contributed by atoms with E-state index in [1.807, 2.05) is 24.3 Å². The van der Waals surface area contributed by atoms with Gasteiger partial charge in [-0.2, -0.15) is 0 Å². The zero-order chi connectivity index (χ0) is 23.3. The number of benzene rings is 2. The maximum absolute atomic E-state index is 13.2. The Bertz CT molecular complexity index is 1050. The molecule has 0 N–H and O–H groups in total. The first-order valence-corrected chi connectivity index (χ1v) is 14.2. The number of hydrogen-bond donors (Lipinski definition) is 0. The number of fused-ring (bicyclic) bond motifs is 3. The van der Waals surface area contributed by atoms with Gasteiger partial charge in [0.15, 0.2) is 8.32 Å². The standard InChI is InChI=1S/C27H34O4Si/c1-26(2,3)32(6,7)31-24-21-10-8-9-11-22(21)27(25(28)30-5)17-19(23(24)27)16-18-12-14-20(29-4)15-13-18/h8-16,23-24H,17H2,1-7H3/b19-16+/t23-,24+,27-/m1/s1. The monoisotopic (exact) mass is 450 g/mol.